The first-order valence-corrected chi connectivity index (χ1v) is 12.2. The third-order valence-electron chi connectivity index (χ3n) is 6.98. The predicted octanol–water partition coefficient (Wildman–Crippen LogP) is 4.47. The van der Waals surface area contributed by atoms with Crippen molar-refractivity contribution in [2.24, 2.45) is 0 Å². The predicted molar refractivity (Wildman–Crippen MR) is 130 cm³/mol. The van der Waals surface area contributed by atoms with E-state index in [1.807, 2.05) is 29.2 Å². The van der Waals surface area contributed by atoms with E-state index in [-0.39, 0.29) is 11.9 Å². The summed E-state index contributed by atoms with van der Waals surface area (Å²) in [5, 5.41) is 4.32. The number of aromatic nitrogens is 1. The zero-order chi connectivity index (χ0) is 23.5. The highest BCUT2D eigenvalue weighted by atomic mass is 19.2. The summed E-state index contributed by atoms with van der Waals surface area (Å²) in [4.78, 5) is 22.8. The van der Waals surface area contributed by atoms with Gasteiger partial charge in [0.25, 0.3) is 5.91 Å². The molecule has 1 N–H and O–H groups in total. The number of likely N-dealkylation sites (tertiary alicyclic amines) is 2. The Morgan fingerprint density at radius 2 is 1.82 bits per heavy atom. The summed E-state index contributed by atoms with van der Waals surface area (Å²) >= 11 is 0. The molecule has 0 unspecified atom stereocenters. The van der Waals surface area contributed by atoms with Crippen molar-refractivity contribution in [3.63, 3.8) is 0 Å². The van der Waals surface area contributed by atoms with Crippen molar-refractivity contribution >= 4 is 16.8 Å². The largest absolute Gasteiger partial charge is 0.334 e. The smallest absolute Gasteiger partial charge is 0.254 e. The maximum Gasteiger partial charge on any atom is 0.254 e. The number of pyridine rings is 1. The number of hydrogen-bond acceptors (Lipinski definition) is 4. The summed E-state index contributed by atoms with van der Waals surface area (Å²) in [6.45, 7) is 5.84. The van der Waals surface area contributed by atoms with Crippen molar-refractivity contribution in [3.8, 4) is 11.3 Å². The molecule has 0 saturated carbocycles. The van der Waals surface area contributed by atoms with Gasteiger partial charge in [-0.3, -0.25) is 4.79 Å². The quantitative estimate of drug-likeness (QED) is 0.524. The fourth-order valence-electron chi connectivity index (χ4n) is 5.14. The van der Waals surface area contributed by atoms with Gasteiger partial charge in [0.05, 0.1) is 16.8 Å². The van der Waals surface area contributed by atoms with Gasteiger partial charge in [-0.1, -0.05) is 18.2 Å². The number of rotatable bonds is 7. The van der Waals surface area contributed by atoms with Gasteiger partial charge in [-0.15, -0.1) is 0 Å². The second kappa shape index (κ2) is 10.2. The summed E-state index contributed by atoms with van der Waals surface area (Å²) in [6, 6.07) is 13.1. The Labute approximate surface area is 198 Å². The van der Waals surface area contributed by atoms with Crippen LogP contribution in [0.2, 0.25) is 0 Å². The van der Waals surface area contributed by atoms with Crippen LogP contribution in [0.4, 0.5) is 8.78 Å². The van der Waals surface area contributed by atoms with Gasteiger partial charge in [-0.25, -0.2) is 13.8 Å². The van der Waals surface area contributed by atoms with Gasteiger partial charge < -0.3 is 15.1 Å². The third-order valence-corrected chi connectivity index (χ3v) is 6.98. The second-order valence-electron chi connectivity index (χ2n) is 9.25. The number of para-hydroxylation sites is 1. The molecule has 34 heavy (non-hydrogen) atoms. The Kier molecular flexibility index (Phi) is 6.83. The minimum absolute atomic E-state index is 0.0359. The maximum absolute atomic E-state index is 13.9. The molecule has 0 bridgehead atoms. The molecule has 0 aliphatic carbocycles. The van der Waals surface area contributed by atoms with Gasteiger partial charge in [-0.2, -0.15) is 0 Å². The molecule has 2 aromatic carbocycles. The Hall–Kier alpha value is -2.90. The first kappa shape index (κ1) is 22.9. The molecule has 2 saturated heterocycles. The number of nitrogens with one attached hydrogen (secondary N) is 1. The number of halogens is 2. The molecule has 178 valence electrons. The first-order valence-electron chi connectivity index (χ1n) is 12.2. The van der Waals surface area contributed by atoms with Crippen LogP contribution in [0.25, 0.3) is 22.2 Å². The standard InChI is InChI=1S/C27H30F2N4O/c28-23-10-9-19(16-24(23)29)26-17-22(21-7-1-2-8-25(21)31-26)27(34)33-14-5-6-20(33)18-30-11-15-32-12-3-4-13-32/h1-2,7-10,16-17,20,30H,3-6,11-15,18H2/t20-/m0/s1. The molecule has 2 aliphatic heterocycles. The fourth-order valence-corrected chi connectivity index (χ4v) is 5.14. The van der Waals surface area contributed by atoms with E-state index in [4.69, 9.17) is 0 Å². The van der Waals surface area contributed by atoms with E-state index in [9.17, 15) is 13.6 Å². The lowest BCUT2D eigenvalue weighted by atomic mass is 10.0. The monoisotopic (exact) mass is 464 g/mol. The highest BCUT2D eigenvalue weighted by Crippen LogP contribution is 2.29. The van der Waals surface area contributed by atoms with Crippen molar-refractivity contribution in [3.05, 3.63) is 65.7 Å². The van der Waals surface area contributed by atoms with Crippen molar-refractivity contribution in [2.75, 3.05) is 39.3 Å². The number of nitrogens with zero attached hydrogens (tertiary/aromatic N) is 3. The third kappa shape index (κ3) is 4.81. The molecular weight excluding hydrogens is 434 g/mol. The van der Waals surface area contributed by atoms with Gasteiger partial charge >= 0.3 is 0 Å². The van der Waals surface area contributed by atoms with Crippen molar-refractivity contribution < 1.29 is 13.6 Å². The lowest BCUT2D eigenvalue weighted by Gasteiger charge is -2.26. The second-order valence-corrected chi connectivity index (χ2v) is 9.25. The van der Waals surface area contributed by atoms with Crippen LogP contribution in [0.1, 0.15) is 36.0 Å². The molecule has 1 atom stereocenters. The number of amides is 1. The van der Waals surface area contributed by atoms with Crippen LogP contribution < -0.4 is 5.32 Å². The number of hydrogen-bond donors (Lipinski definition) is 1. The van der Waals surface area contributed by atoms with Gasteiger partial charge in [0, 0.05) is 43.2 Å². The Morgan fingerprint density at radius 3 is 2.65 bits per heavy atom. The molecular formula is C27H30F2N4O. The number of fused-ring (bicyclic) bond motifs is 1. The molecule has 2 aliphatic rings. The van der Waals surface area contributed by atoms with Crippen molar-refractivity contribution in [1.82, 2.24) is 20.1 Å². The van der Waals surface area contributed by atoms with Gasteiger partial charge in [-0.05, 0) is 69.1 Å². The summed E-state index contributed by atoms with van der Waals surface area (Å²) in [7, 11) is 0. The average molecular weight is 465 g/mol. The Morgan fingerprint density at radius 1 is 1.00 bits per heavy atom. The van der Waals surface area contributed by atoms with E-state index < -0.39 is 11.6 Å². The normalized spacial score (nSPS) is 18.8. The topological polar surface area (TPSA) is 48.5 Å². The van der Waals surface area contributed by atoms with Crippen molar-refractivity contribution in [1.29, 1.82) is 0 Å². The fraction of sp³-hybridized carbons (Fsp3) is 0.407. The summed E-state index contributed by atoms with van der Waals surface area (Å²) in [6.07, 6.45) is 4.53. The molecule has 7 heteroatoms. The summed E-state index contributed by atoms with van der Waals surface area (Å²) in [5.74, 6) is -1.87. The van der Waals surface area contributed by atoms with E-state index in [1.54, 1.807) is 6.07 Å². The SMILES string of the molecule is O=C(c1cc(-c2ccc(F)c(F)c2)nc2ccccc12)N1CCC[C@H]1CNCCN1CCCC1. The molecule has 2 fully saturated rings. The van der Waals surface area contributed by atoms with Crippen molar-refractivity contribution in [2.45, 2.75) is 31.7 Å². The molecule has 5 rings (SSSR count). The molecule has 0 spiro atoms. The van der Waals surface area contributed by atoms with E-state index in [1.165, 1.54) is 32.0 Å². The first-order chi connectivity index (χ1) is 16.6. The lowest BCUT2D eigenvalue weighted by Crippen LogP contribution is -2.43. The van der Waals surface area contributed by atoms with Gasteiger partial charge in [0.1, 0.15) is 0 Å². The van der Waals surface area contributed by atoms with Crippen LogP contribution in [0.3, 0.4) is 0 Å². The number of carbonyl (C=O) groups is 1. The lowest BCUT2D eigenvalue weighted by molar-refractivity contribution is 0.0737. The minimum atomic E-state index is -0.931. The molecule has 3 heterocycles. The minimum Gasteiger partial charge on any atom is -0.334 e. The van der Waals surface area contributed by atoms with E-state index in [0.29, 0.717) is 28.9 Å². The number of carbonyl (C=O) groups excluding carboxylic acids is 1. The van der Waals surface area contributed by atoms with Crippen LogP contribution in [0.15, 0.2) is 48.5 Å². The highest BCUT2D eigenvalue weighted by Gasteiger charge is 2.30. The Balaban J connectivity index is 1.37. The zero-order valence-corrected chi connectivity index (χ0v) is 19.3. The van der Waals surface area contributed by atoms with E-state index >= 15 is 0 Å². The van der Waals surface area contributed by atoms with Crippen LogP contribution in [0.5, 0.6) is 0 Å². The zero-order valence-electron chi connectivity index (χ0n) is 19.3. The average Bonchev–Trinajstić information content (AvgIpc) is 3.54. The highest BCUT2D eigenvalue weighted by molar-refractivity contribution is 6.07. The number of benzene rings is 2. The van der Waals surface area contributed by atoms with Crippen LogP contribution in [-0.2, 0) is 0 Å². The molecule has 1 aromatic heterocycles. The van der Waals surface area contributed by atoms with Gasteiger partial charge in [0.2, 0.25) is 0 Å². The molecule has 1 amide bonds. The maximum atomic E-state index is 13.9. The molecule has 0 radical (unpaired) electrons. The summed E-state index contributed by atoms with van der Waals surface area (Å²) in [5.41, 5.74) is 2.11. The van der Waals surface area contributed by atoms with Crippen LogP contribution >= 0.6 is 0 Å². The van der Waals surface area contributed by atoms with Crippen LogP contribution in [0, 0.1) is 11.6 Å². The summed E-state index contributed by atoms with van der Waals surface area (Å²) < 4.78 is 27.4. The Bertz CT molecular complexity index is 1180. The molecule has 3 aromatic rings. The van der Waals surface area contributed by atoms with Gasteiger partial charge in [0.15, 0.2) is 11.6 Å². The molecule has 5 nitrogen and oxygen atoms in total. The van der Waals surface area contributed by atoms with E-state index in [0.717, 1.165) is 50.0 Å². The van der Waals surface area contributed by atoms with Crippen LogP contribution in [-0.4, -0.2) is 66.0 Å². The van der Waals surface area contributed by atoms with E-state index in [2.05, 4.69) is 15.2 Å².